The minimum absolute atomic E-state index is 0.470. The van der Waals surface area contributed by atoms with Gasteiger partial charge >= 0.3 is 5.97 Å². The number of esters is 1. The van der Waals surface area contributed by atoms with E-state index in [9.17, 15) is 18.0 Å². The quantitative estimate of drug-likeness (QED) is 0.731. The first-order chi connectivity index (χ1) is 7.51. The molecule has 0 atom stereocenters. The summed E-state index contributed by atoms with van der Waals surface area (Å²) in [6.45, 7) is 0. The van der Waals surface area contributed by atoms with Crippen molar-refractivity contribution in [2.75, 3.05) is 7.11 Å². The van der Waals surface area contributed by atoms with Crippen molar-refractivity contribution in [2.24, 2.45) is 0 Å². The van der Waals surface area contributed by atoms with Crippen molar-refractivity contribution in [3.8, 4) is 6.07 Å². The first-order valence-corrected chi connectivity index (χ1v) is 4.11. The van der Waals surface area contributed by atoms with E-state index in [1.165, 1.54) is 6.07 Å². The predicted octanol–water partition coefficient (Wildman–Crippen LogP) is 2.42. The average molecular weight is 229 g/mol. The topological polar surface area (TPSA) is 50.1 Å². The molecule has 0 fully saturated rings. The third-order valence-electron chi connectivity index (χ3n) is 1.87. The van der Waals surface area contributed by atoms with Gasteiger partial charge in [-0.15, -0.1) is 0 Å². The first-order valence-electron chi connectivity index (χ1n) is 4.11. The molecule has 0 bridgehead atoms. The first kappa shape index (κ1) is 12.0. The molecule has 1 rings (SSSR count). The minimum atomic E-state index is -2.91. The number of methoxy groups -OCH3 is 1. The van der Waals surface area contributed by atoms with Crippen LogP contribution in [0.4, 0.5) is 13.2 Å². The van der Waals surface area contributed by atoms with Gasteiger partial charge in [0.1, 0.15) is 17.4 Å². The number of nitrogens with zero attached hydrogens (tertiary/aromatic N) is 1. The summed E-state index contributed by atoms with van der Waals surface area (Å²) in [4.78, 5) is 11.1. The molecule has 0 heterocycles. The van der Waals surface area contributed by atoms with Crippen LogP contribution >= 0.6 is 0 Å². The molecule has 1 aromatic rings. The lowest BCUT2D eigenvalue weighted by molar-refractivity contribution is 0.0594. The molecule has 0 radical (unpaired) electrons. The number of halogens is 3. The highest BCUT2D eigenvalue weighted by Gasteiger charge is 2.21. The lowest BCUT2D eigenvalue weighted by Gasteiger charge is -2.06. The Labute approximate surface area is 89.1 Å². The SMILES string of the molecule is COC(=O)c1c(F)cc(C(F)F)cc1C#N. The zero-order valence-corrected chi connectivity index (χ0v) is 8.13. The summed E-state index contributed by atoms with van der Waals surface area (Å²) in [6, 6.07) is 2.75. The molecule has 0 aliphatic rings. The number of nitriles is 1. The second-order valence-electron chi connectivity index (χ2n) is 2.83. The van der Waals surface area contributed by atoms with Crippen molar-refractivity contribution in [3.05, 3.63) is 34.6 Å². The molecule has 3 nitrogen and oxygen atoms in total. The maximum absolute atomic E-state index is 13.3. The molecule has 0 aliphatic carbocycles. The molecule has 0 saturated carbocycles. The summed E-state index contributed by atoms with van der Waals surface area (Å²) >= 11 is 0. The second kappa shape index (κ2) is 4.66. The van der Waals surface area contributed by atoms with Crippen LogP contribution in [0.5, 0.6) is 0 Å². The molecule has 0 saturated heterocycles. The number of rotatable bonds is 2. The Morgan fingerprint density at radius 1 is 1.50 bits per heavy atom. The smallest absolute Gasteiger partial charge is 0.342 e. The van der Waals surface area contributed by atoms with E-state index in [0.29, 0.717) is 6.07 Å². The van der Waals surface area contributed by atoms with Crippen LogP contribution in [-0.4, -0.2) is 13.1 Å². The van der Waals surface area contributed by atoms with Crippen LogP contribution in [0, 0.1) is 17.1 Å². The molecule has 0 aliphatic heterocycles. The van der Waals surface area contributed by atoms with Gasteiger partial charge in [0.15, 0.2) is 0 Å². The van der Waals surface area contributed by atoms with Gasteiger partial charge in [-0.25, -0.2) is 18.0 Å². The van der Waals surface area contributed by atoms with E-state index in [4.69, 9.17) is 5.26 Å². The van der Waals surface area contributed by atoms with E-state index < -0.39 is 34.9 Å². The fraction of sp³-hybridized carbons (Fsp3) is 0.200. The Kier molecular flexibility index (Phi) is 3.51. The molecule has 0 N–H and O–H groups in total. The van der Waals surface area contributed by atoms with Crippen molar-refractivity contribution in [3.63, 3.8) is 0 Å². The molecule has 6 heteroatoms. The van der Waals surface area contributed by atoms with E-state index in [0.717, 1.165) is 13.2 Å². The Balaban J connectivity index is 3.42. The Hall–Kier alpha value is -2.03. The van der Waals surface area contributed by atoms with Crippen molar-refractivity contribution in [2.45, 2.75) is 6.43 Å². The van der Waals surface area contributed by atoms with Crippen LogP contribution in [0.2, 0.25) is 0 Å². The van der Waals surface area contributed by atoms with Gasteiger partial charge in [0.05, 0.1) is 12.7 Å². The highest BCUT2D eigenvalue weighted by atomic mass is 19.3. The summed E-state index contributed by atoms with van der Waals surface area (Å²) in [5, 5.41) is 8.62. The van der Waals surface area contributed by atoms with Gasteiger partial charge in [0, 0.05) is 5.56 Å². The molecule has 16 heavy (non-hydrogen) atoms. The zero-order valence-electron chi connectivity index (χ0n) is 8.13. The maximum atomic E-state index is 13.3. The molecule has 0 unspecified atom stereocenters. The molecule has 0 aromatic heterocycles. The number of carbonyl (C=O) groups excluding carboxylic acids is 1. The van der Waals surface area contributed by atoms with Crippen LogP contribution < -0.4 is 0 Å². The van der Waals surface area contributed by atoms with Crippen LogP contribution in [0.3, 0.4) is 0 Å². The number of hydrogen-bond donors (Lipinski definition) is 0. The molecular formula is C10H6F3NO2. The van der Waals surface area contributed by atoms with Gasteiger partial charge in [-0.3, -0.25) is 0 Å². The monoisotopic (exact) mass is 229 g/mol. The summed E-state index contributed by atoms with van der Waals surface area (Å²) in [6.07, 6.45) is -2.91. The van der Waals surface area contributed by atoms with Crippen LogP contribution in [0.25, 0.3) is 0 Å². The zero-order chi connectivity index (χ0) is 12.3. The highest BCUT2D eigenvalue weighted by Crippen LogP contribution is 2.24. The standard InChI is InChI=1S/C10H6F3NO2/c1-16-10(15)8-6(4-14)2-5(9(12)13)3-7(8)11/h2-3,9H,1H3. The number of ether oxygens (including phenoxy) is 1. The summed E-state index contributed by atoms with van der Waals surface area (Å²) in [5.41, 5.74) is -1.75. The third kappa shape index (κ3) is 2.14. The number of hydrogen-bond acceptors (Lipinski definition) is 3. The van der Waals surface area contributed by atoms with Crippen LogP contribution in [-0.2, 0) is 4.74 Å². The van der Waals surface area contributed by atoms with E-state index in [1.54, 1.807) is 0 Å². The van der Waals surface area contributed by atoms with E-state index in [2.05, 4.69) is 4.74 Å². The van der Waals surface area contributed by atoms with Gasteiger partial charge < -0.3 is 4.74 Å². The van der Waals surface area contributed by atoms with Crippen LogP contribution in [0.15, 0.2) is 12.1 Å². The Morgan fingerprint density at radius 2 is 2.12 bits per heavy atom. The van der Waals surface area contributed by atoms with Gasteiger partial charge in [-0.1, -0.05) is 0 Å². The average Bonchev–Trinajstić information content (AvgIpc) is 2.26. The molecule has 1 aromatic carbocycles. The van der Waals surface area contributed by atoms with Gasteiger partial charge in [0.2, 0.25) is 0 Å². The van der Waals surface area contributed by atoms with Crippen molar-refractivity contribution in [1.82, 2.24) is 0 Å². The Bertz CT molecular complexity index is 466. The lowest BCUT2D eigenvalue weighted by Crippen LogP contribution is -2.08. The molecule has 0 spiro atoms. The molecular weight excluding hydrogens is 223 g/mol. The maximum Gasteiger partial charge on any atom is 0.342 e. The van der Waals surface area contributed by atoms with E-state index in [-0.39, 0.29) is 0 Å². The van der Waals surface area contributed by atoms with Gasteiger partial charge in [-0.05, 0) is 12.1 Å². The van der Waals surface area contributed by atoms with Crippen molar-refractivity contribution < 1.29 is 22.7 Å². The Morgan fingerprint density at radius 3 is 2.56 bits per heavy atom. The van der Waals surface area contributed by atoms with Gasteiger partial charge in [0.25, 0.3) is 6.43 Å². The predicted molar refractivity (Wildman–Crippen MR) is 47.4 cm³/mol. The van der Waals surface area contributed by atoms with Gasteiger partial charge in [-0.2, -0.15) is 5.26 Å². The summed E-state index contributed by atoms with van der Waals surface area (Å²) < 4.78 is 42.1. The molecule has 84 valence electrons. The number of benzene rings is 1. The second-order valence-corrected chi connectivity index (χ2v) is 2.83. The normalized spacial score (nSPS) is 10.0. The van der Waals surface area contributed by atoms with Crippen LogP contribution in [0.1, 0.15) is 27.9 Å². The fourth-order valence-corrected chi connectivity index (χ4v) is 1.15. The fourth-order valence-electron chi connectivity index (χ4n) is 1.15. The third-order valence-corrected chi connectivity index (χ3v) is 1.87. The summed E-state index contributed by atoms with van der Waals surface area (Å²) in [5.74, 6) is -2.27. The lowest BCUT2D eigenvalue weighted by atomic mass is 10.0. The highest BCUT2D eigenvalue weighted by molar-refractivity contribution is 5.92. The summed E-state index contributed by atoms with van der Waals surface area (Å²) in [7, 11) is 1.00. The van der Waals surface area contributed by atoms with Crippen molar-refractivity contribution in [1.29, 1.82) is 5.26 Å². The minimum Gasteiger partial charge on any atom is -0.465 e. The number of carbonyl (C=O) groups is 1. The molecule has 0 amide bonds. The van der Waals surface area contributed by atoms with E-state index in [1.807, 2.05) is 0 Å². The van der Waals surface area contributed by atoms with Crippen molar-refractivity contribution >= 4 is 5.97 Å². The number of alkyl halides is 2. The largest absolute Gasteiger partial charge is 0.465 e. The van der Waals surface area contributed by atoms with E-state index >= 15 is 0 Å².